The van der Waals surface area contributed by atoms with Crippen molar-refractivity contribution in [3.63, 3.8) is 0 Å². The molecule has 1 saturated carbocycles. The summed E-state index contributed by atoms with van der Waals surface area (Å²) in [6, 6.07) is 18.8. The molecule has 1 atom stereocenters. The average Bonchev–Trinajstić information content (AvgIpc) is 3.57. The molecule has 2 amide bonds. The lowest BCUT2D eigenvalue weighted by Gasteiger charge is -2.41. The van der Waals surface area contributed by atoms with Crippen molar-refractivity contribution < 1.29 is 24.2 Å². The summed E-state index contributed by atoms with van der Waals surface area (Å²) >= 11 is 14.4. The molecule has 3 aromatic heterocycles. The molecular formula is C44H48Cl2N6O6. The minimum Gasteiger partial charge on any atom is -0.481 e. The molecule has 1 aliphatic heterocycles. The fraction of sp³-hybridized carbons (Fsp3) is 0.386. The topological polar surface area (TPSA) is 147 Å². The molecule has 0 spiro atoms. The minimum atomic E-state index is -0.708. The quantitative estimate of drug-likeness (QED) is 0.122. The average molecular weight is 828 g/mol. The molecule has 7 rings (SSSR count). The van der Waals surface area contributed by atoms with Crippen molar-refractivity contribution in [2.45, 2.75) is 96.7 Å². The number of pyridine rings is 2. The number of aliphatic hydroxyl groups is 1. The molecule has 12 nitrogen and oxygen atoms in total. The van der Waals surface area contributed by atoms with Crippen molar-refractivity contribution in [1.29, 1.82) is 0 Å². The lowest BCUT2D eigenvalue weighted by molar-refractivity contribution is -0.119. The zero-order valence-electron chi connectivity index (χ0n) is 33.5. The molecule has 3 N–H and O–H groups in total. The number of carbonyl (C=O) groups is 2. The Morgan fingerprint density at radius 2 is 1.69 bits per heavy atom. The Kier molecular flexibility index (Phi) is 11.6. The molecule has 1 aliphatic carbocycles. The number of nitrogens with zero attached hydrogens (tertiary/aromatic N) is 4. The maximum atomic E-state index is 13.5. The van der Waals surface area contributed by atoms with E-state index in [9.17, 15) is 19.5 Å². The number of halogens is 2. The highest BCUT2D eigenvalue weighted by atomic mass is 35.5. The number of carbonyl (C=O) groups excluding carboxylic acids is 2. The van der Waals surface area contributed by atoms with Gasteiger partial charge in [0.2, 0.25) is 11.8 Å². The number of methoxy groups -OCH3 is 1. The summed E-state index contributed by atoms with van der Waals surface area (Å²) in [6.45, 7) is 9.90. The molecule has 58 heavy (non-hydrogen) atoms. The van der Waals surface area contributed by atoms with Gasteiger partial charge in [-0.15, -0.1) is 0 Å². The van der Waals surface area contributed by atoms with Crippen LogP contribution in [0.15, 0.2) is 71.7 Å². The molecule has 1 saturated heterocycles. The zero-order valence-corrected chi connectivity index (χ0v) is 35.0. The Balaban J connectivity index is 1.15. The van der Waals surface area contributed by atoms with Crippen LogP contribution in [0.1, 0.15) is 70.2 Å². The standard InChI is InChI=1S/C44H48Cl2N6O6/c1-25-17-27(18-36-48-22-28(41(54)52(25)36)21-47-30-19-44(5,56)20-30)31-9-7-10-32(38(31)45)33-11-8-12-34(39(33)46)35-15-13-26(40(50-35)57-6)23-51(42(55)58-43(2,3)4)24-29-14-16-37(53)49-29/h7-13,15,17-18,22,29-30,47,56H,14,16,19-21,23-24H2,1-6H3,(H,49,53)/t29-,30?,44?/m0/s1. The Morgan fingerprint density at radius 1 is 1.02 bits per heavy atom. The molecule has 2 fully saturated rings. The minimum absolute atomic E-state index is 0.0382. The summed E-state index contributed by atoms with van der Waals surface area (Å²) in [5, 5.41) is 17.3. The van der Waals surface area contributed by atoms with E-state index in [1.165, 1.54) is 7.11 Å². The Bertz CT molecular complexity index is 2450. The SMILES string of the molecule is COc1nc(-c2cccc(-c3cccc(-c4cc(C)n5c(=O)c(CNC6CC(C)(O)C6)cnc5c4)c3Cl)c2Cl)ccc1CN(C[C@@H]1CCC(=O)N1)C(=O)OC(C)(C)C. The van der Waals surface area contributed by atoms with Gasteiger partial charge in [-0.2, -0.15) is 0 Å². The van der Waals surface area contributed by atoms with Gasteiger partial charge in [-0.05, 0) is 83.7 Å². The van der Waals surface area contributed by atoms with Gasteiger partial charge in [-0.25, -0.2) is 14.8 Å². The fourth-order valence-corrected chi connectivity index (χ4v) is 8.39. The first-order chi connectivity index (χ1) is 27.5. The van der Waals surface area contributed by atoms with E-state index in [1.54, 1.807) is 15.5 Å². The first-order valence-corrected chi connectivity index (χ1v) is 20.1. The summed E-state index contributed by atoms with van der Waals surface area (Å²) in [4.78, 5) is 49.8. The van der Waals surface area contributed by atoms with Crippen LogP contribution in [0.2, 0.25) is 10.0 Å². The van der Waals surface area contributed by atoms with Crippen molar-refractivity contribution in [1.82, 2.24) is 29.9 Å². The van der Waals surface area contributed by atoms with Crippen LogP contribution in [-0.2, 0) is 22.6 Å². The molecule has 304 valence electrons. The van der Waals surface area contributed by atoms with Crippen LogP contribution in [-0.4, -0.2) is 73.3 Å². The number of hydrogen-bond donors (Lipinski definition) is 3. The van der Waals surface area contributed by atoms with Gasteiger partial charge in [0.05, 0.1) is 40.6 Å². The van der Waals surface area contributed by atoms with Crippen molar-refractivity contribution in [3.8, 4) is 39.4 Å². The number of rotatable bonds is 11. The number of fused-ring (bicyclic) bond motifs is 1. The maximum Gasteiger partial charge on any atom is 0.410 e. The second-order valence-corrected chi connectivity index (χ2v) is 17.3. The third-order valence-corrected chi connectivity index (χ3v) is 11.4. The van der Waals surface area contributed by atoms with Gasteiger partial charge in [0.25, 0.3) is 5.56 Å². The van der Waals surface area contributed by atoms with Crippen LogP contribution in [0.5, 0.6) is 5.88 Å². The molecule has 2 aromatic carbocycles. The summed E-state index contributed by atoms with van der Waals surface area (Å²) in [6.07, 6.45) is 3.44. The maximum absolute atomic E-state index is 13.5. The van der Waals surface area contributed by atoms with Gasteiger partial charge in [-0.1, -0.05) is 59.6 Å². The third-order valence-electron chi connectivity index (χ3n) is 10.6. The van der Waals surface area contributed by atoms with E-state index >= 15 is 0 Å². The van der Waals surface area contributed by atoms with Crippen LogP contribution < -0.4 is 20.9 Å². The predicted molar refractivity (Wildman–Crippen MR) is 225 cm³/mol. The van der Waals surface area contributed by atoms with E-state index in [1.807, 2.05) is 95.3 Å². The number of amides is 2. The molecule has 4 heterocycles. The van der Waals surface area contributed by atoms with Gasteiger partial charge in [0, 0.05) is 71.3 Å². The first-order valence-electron chi connectivity index (χ1n) is 19.4. The lowest BCUT2D eigenvalue weighted by Crippen LogP contribution is -2.51. The highest BCUT2D eigenvalue weighted by Crippen LogP contribution is 2.43. The third kappa shape index (κ3) is 8.85. The number of hydrogen-bond acceptors (Lipinski definition) is 9. The summed E-state index contributed by atoms with van der Waals surface area (Å²) in [5.41, 5.74) is 5.07. The van der Waals surface area contributed by atoms with Crippen LogP contribution in [0.4, 0.5) is 4.79 Å². The smallest absolute Gasteiger partial charge is 0.410 e. The molecule has 14 heteroatoms. The van der Waals surface area contributed by atoms with Crippen LogP contribution in [0.25, 0.3) is 39.2 Å². The first kappa shape index (κ1) is 41.2. The molecule has 2 aliphatic rings. The predicted octanol–water partition coefficient (Wildman–Crippen LogP) is 7.73. The van der Waals surface area contributed by atoms with E-state index < -0.39 is 17.3 Å². The number of ether oxygens (including phenoxy) is 2. The molecule has 0 bridgehead atoms. The number of aromatic nitrogens is 3. The Morgan fingerprint density at radius 3 is 2.33 bits per heavy atom. The summed E-state index contributed by atoms with van der Waals surface area (Å²) in [5.74, 6) is 0.280. The van der Waals surface area contributed by atoms with Crippen molar-refractivity contribution in [2.24, 2.45) is 0 Å². The highest BCUT2D eigenvalue weighted by molar-refractivity contribution is 6.39. The van der Waals surface area contributed by atoms with Gasteiger partial charge in [0.1, 0.15) is 11.2 Å². The van der Waals surface area contributed by atoms with Gasteiger partial charge >= 0.3 is 6.09 Å². The Hall–Kier alpha value is -5.01. The monoisotopic (exact) mass is 826 g/mol. The second-order valence-electron chi connectivity index (χ2n) is 16.5. The fourth-order valence-electron chi connectivity index (χ4n) is 7.73. The summed E-state index contributed by atoms with van der Waals surface area (Å²) < 4.78 is 13.1. The van der Waals surface area contributed by atoms with Crippen molar-refractivity contribution in [2.75, 3.05) is 13.7 Å². The van der Waals surface area contributed by atoms with Crippen LogP contribution >= 0.6 is 23.2 Å². The van der Waals surface area contributed by atoms with Crippen molar-refractivity contribution in [3.05, 3.63) is 104 Å². The second kappa shape index (κ2) is 16.3. The van der Waals surface area contributed by atoms with E-state index in [0.29, 0.717) is 93.0 Å². The largest absolute Gasteiger partial charge is 0.481 e. The normalized spacial score (nSPS) is 19.2. The molecular weight excluding hydrogens is 779 g/mol. The van der Waals surface area contributed by atoms with Gasteiger partial charge < -0.3 is 30.1 Å². The van der Waals surface area contributed by atoms with Crippen LogP contribution in [0, 0.1) is 6.92 Å². The van der Waals surface area contributed by atoms with Gasteiger partial charge in [-0.3, -0.25) is 14.0 Å². The van der Waals surface area contributed by atoms with E-state index in [0.717, 1.165) is 11.1 Å². The lowest BCUT2D eigenvalue weighted by atomic mass is 9.77. The zero-order chi connectivity index (χ0) is 41.5. The molecule has 5 aromatic rings. The van der Waals surface area contributed by atoms with E-state index in [4.69, 9.17) is 37.7 Å². The van der Waals surface area contributed by atoms with Crippen LogP contribution in [0.3, 0.4) is 0 Å². The Labute approximate surface area is 347 Å². The number of benzene rings is 2. The van der Waals surface area contributed by atoms with Crippen molar-refractivity contribution >= 4 is 40.8 Å². The molecule has 0 radical (unpaired) electrons. The van der Waals surface area contributed by atoms with Gasteiger partial charge in [0.15, 0.2) is 0 Å². The summed E-state index contributed by atoms with van der Waals surface area (Å²) in [7, 11) is 1.52. The van der Waals surface area contributed by atoms with E-state index in [-0.39, 0.29) is 36.6 Å². The molecule has 0 unspecified atom stereocenters. The number of aryl methyl sites for hydroxylation is 1. The number of nitrogens with one attached hydrogen (secondary N) is 2. The highest BCUT2D eigenvalue weighted by Gasteiger charge is 2.38. The van der Waals surface area contributed by atoms with E-state index in [2.05, 4.69) is 15.6 Å².